The summed E-state index contributed by atoms with van der Waals surface area (Å²) >= 11 is 2.91. The molecular formula is C8H11BrO. The molecule has 0 saturated carbocycles. The standard InChI is InChI=1S/C8H11BrO/c1-3-6(2)7-4-5-8(9)10-7/h4-6H,3H2,1-2H3/i1D3,2D3,3D2,6D. The summed E-state index contributed by atoms with van der Waals surface area (Å²) in [7, 11) is 0. The third-order valence-electron chi connectivity index (χ3n) is 0.945. The molecule has 1 heterocycles. The van der Waals surface area contributed by atoms with Gasteiger partial charge in [0.15, 0.2) is 4.67 Å². The van der Waals surface area contributed by atoms with Crippen LogP contribution in [0.1, 0.15) is 44.1 Å². The maximum absolute atomic E-state index is 7.97. The number of hydrogen-bond donors (Lipinski definition) is 0. The third kappa shape index (κ3) is 1.63. The number of halogens is 1. The van der Waals surface area contributed by atoms with Crippen molar-refractivity contribution in [1.29, 1.82) is 0 Å². The second-order valence-corrected chi connectivity index (χ2v) is 2.39. The molecule has 0 bridgehead atoms. The van der Waals surface area contributed by atoms with Crippen LogP contribution in [0.15, 0.2) is 21.2 Å². The highest BCUT2D eigenvalue weighted by Gasteiger charge is 2.05. The lowest BCUT2D eigenvalue weighted by molar-refractivity contribution is 0.452. The Bertz CT molecular complexity index is 460. The van der Waals surface area contributed by atoms with Crippen molar-refractivity contribution in [2.45, 2.75) is 26.0 Å². The summed E-state index contributed by atoms with van der Waals surface area (Å²) in [6.07, 6.45) is -3.32. The van der Waals surface area contributed by atoms with Gasteiger partial charge in [0, 0.05) is 18.2 Å². The van der Waals surface area contributed by atoms with Gasteiger partial charge in [-0.3, -0.25) is 0 Å². The van der Waals surface area contributed by atoms with Crippen LogP contribution in [-0.4, -0.2) is 0 Å². The highest BCUT2D eigenvalue weighted by atomic mass is 79.9. The maximum Gasteiger partial charge on any atom is 0.169 e. The van der Waals surface area contributed by atoms with E-state index in [0.717, 1.165) is 6.07 Å². The van der Waals surface area contributed by atoms with Gasteiger partial charge in [-0.25, -0.2) is 0 Å². The molecule has 1 aromatic heterocycles. The lowest BCUT2D eigenvalue weighted by Gasteiger charge is -2.01. The van der Waals surface area contributed by atoms with Crippen molar-refractivity contribution < 1.29 is 16.8 Å². The minimum atomic E-state index is -3.32. The highest BCUT2D eigenvalue weighted by molar-refractivity contribution is 9.10. The zero-order chi connectivity index (χ0) is 15.3. The van der Waals surface area contributed by atoms with Gasteiger partial charge >= 0.3 is 0 Å². The smallest absolute Gasteiger partial charge is 0.169 e. The fourth-order valence-electron chi connectivity index (χ4n) is 0.510. The van der Waals surface area contributed by atoms with Gasteiger partial charge in [0.1, 0.15) is 5.76 Å². The van der Waals surface area contributed by atoms with Crippen molar-refractivity contribution in [1.82, 2.24) is 0 Å². The van der Waals surface area contributed by atoms with E-state index in [-0.39, 0.29) is 4.67 Å². The highest BCUT2D eigenvalue weighted by Crippen LogP contribution is 2.23. The quantitative estimate of drug-likeness (QED) is 0.730. The number of furan rings is 1. The zero-order valence-corrected chi connectivity index (χ0v) is 6.53. The molecule has 0 saturated heterocycles. The van der Waals surface area contributed by atoms with E-state index in [1.807, 2.05) is 0 Å². The predicted molar refractivity (Wildman–Crippen MR) is 45.1 cm³/mol. The largest absolute Gasteiger partial charge is 0.454 e. The Kier molecular flexibility index (Phi) is 0.689. The van der Waals surface area contributed by atoms with Gasteiger partial charge in [-0.15, -0.1) is 0 Å². The second kappa shape index (κ2) is 3.24. The Morgan fingerprint density at radius 3 is 3.40 bits per heavy atom. The lowest BCUT2D eigenvalue weighted by atomic mass is 10.1. The van der Waals surface area contributed by atoms with E-state index in [1.165, 1.54) is 6.07 Å². The molecule has 2 heteroatoms. The van der Waals surface area contributed by atoms with Crippen molar-refractivity contribution in [2.75, 3.05) is 0 Å². The fourth-order valence-corrected chi connectivity index (χ4v) is 0.817. The molecule has 56 valence electrons. The Hall–Kier alpha value is -0.240. The maximum atomic E-state index is 7.97. The monoisotopic (exact) mass is 211 g/mol. The van der Waals surface area contributed by atoms with E-state index in [9.17, 15) is 0 Å². The molecule has 0 aliphatic heterocycles. The van der Waals surface area contributed by atoms with Crippen molar-refractivity contribution in [3.8, 4) is 0 Å². The molecule has 0 aromatic carbocycles. The van der Waals surface area contributed by atoms with Crippen LogP contribution in [0.25, 0.3) is 0 Å². The van der Waals surface area contributed by atoms with Crippen LogP contribution in [0, 0.1) is 0 Å². The van der Waals surface area contributed by atoms with E-state index in [0.29, 0.717) is 0 Å². The topological polar surface area (TPSA) is 13.1 Å². The summed E-state index contributed by atoms with van der Waals surface area (Å²) in [6.45, 7) is -6.51. The van der Waals surface area contributed by atoms with Crippen LogP contribution in [-0.2, 0) is 0 Å². The fraction of sp³-hybridized carbons (Fsp3) is 0.500. The van der Waals surface area contributed by atoms with Gasteiger partial charge in [0.2, 0.25) is 0 Å². The molecule has 0 amide bonds. The SMILES string of the molecule is [2H]C([2H])([2H])C([2H])([2H])C([2H])(c1ccc(Br)o1)C([2H])([2H])[2H]. The van der Waals surface area contributed by atoms with E-state index in [2.05, 4.69) is 15.9 Å². The summed E-state index contributed by atoms with van der Waals surface area (Å²) in [5.41, 5.74) is 0. The molecule has 0 spiro atoms. The molecule has 1 rings (SSSR count). The van der Waals surface area contributed by atoms with E-state index in [4.69, 9.17) is 16.8 Å². The molecule has 1 nitrogen and oxygen atoms in total. The Labute approximate surface area is 82.2 Å². The van der Waals surface area contributed by atoms with Crippen LogP contribution in [0.4, 0.5) is 0 Å². The molecule has 0 N–H and O–H groups in total. The molecule has 1 aromatic rings. The van der Waals surface area contributed by atoms with E-state index < -0.39 is 31.7 Å². The van der Waals surface area contributed by atoms with Gasteiger partial charge in [-0.2, -0.15) is 0 Å². The molecule has 10 heavy (non-hydrogen) atoms. The first-order chi connectivity index (χ1) is 8.25. The minimum absolute atomic E-state index is 0.0877. The van der Waals surface area contributed by atoms with Crippen LogP contribution in [0.2, 0.25) is 0 Å². The first-order valence-corrected chi connectivity index (χ1v) is 3.30. The molecular weight excluding hydrogens is 192 g/mol. The molecule has 0 aliphatic rings. The molecule has 1 atom stereocenters. The Morgan fingerprint density at radius 1 is 2.00 bits per heavy atom. The van der Waals surface area contributed by atoms with Crippen LogP contribution in [0.5, 0.6) is 0 Å². The summed E-state index contributed by atoms with van der Waals surface area (Å²) < 4.78 is 71.8. The summed E-state index contributed by atoms with van der Waals surface area (Å²) in [6, 6.07) is 2.35. The van der Waals surface area contributed by atoms with Gasteiger partial charge in [-0.05, 0) is 34.4 Å². The molecule has 1 unspecified atom stereocenters. The zero-order valence-electron chi connectivity index (χ0n) is 13.9. The average Bonchev–Trinajstić information content (AvgIpc) is 2.59. The van der Waals surface area contributed by atoms with Crippen molar-refractivity contribution >= 4 is 15.9 Å². The van der Waals surface area contributed by atoms with Crippen molar-refractivity contribution in [3.63, 3.8) is 0 Å². The van der Waals surface area contributed by atoms with Crippen molar-refractivity contribution in [3.05, 3.63) is 22.6 Å². The van der Waals surface area contributed by atoms with Gasteiger partial charge in [0.05, 0.1) is 0 Å². The third-order valence-corrected chi connectivity index (χ3v) is 1.37. The van der Waals surface area contributed by atoms with Gasteiger partial charge in [-0.1, -0.05) is 13.7 Å². The molecule has 0 fully saturated rings. The van der Waals surface area contributed by atoms with Gasteiger partial charge in [0.25, 0.3) is 0 Å². The average molecular weight is 212 g/mol. The van der Waals surface area contributed by atoms with Crippen LogP contribution in [0.3, 0.4) is 0 Å². The van der Waals surface area contributed by atoms with Gasteiger partial charge < -0.3 is 4.42 Å². The first-order valence-electron chi connectivity index (χ1n) is 7.01. The second-order valence-electron chi connectivity index (χ2n) is 1.60. The summed E-state index contributed by atoms with van der Waals surface area (Å²) in [4.78, 5) is 0. The minimum Gasteiger partial charge on any atom is -0.454 e. The van der Waals surface area contributed by atoms with E-state index >= 15 is 0 Å². The Balaban J connectivity index is 3.55. The Morgan fingerprint density at radius 2 is 2.90 bits per heavy atom. The number of hydrogen-bond acceptors (Lipinski definition) is 1. The predicted octanol–water partition coefficient (Wildman–Crippen LogP) is 3.56. The molecule has 0 radical (unpaired) electrons. The van der Waals surface area contributed by atoms with Crippen molar-refractivity contribution in [2.24, 2.45) is 0 Å². The van der Waals surface area contributed by atoms with E-state index in [1.54, 1.807) is 0 Å². The van der Waals surface area contributed by atoms with Crippen LogP contribution < -0.4 is 0 Å². The normalized spacial score (nSPS) is 33.9. The summed E-state index contributed by atoms with van der Waals surface area (Å²) in [5.74, 6) is -3.61. The number of rotatable bonds is 2. The van der Waals surface area contributed by atoms with Crippen LogP contribution >= 0.6 is 15.9 Å². The summed E-state index contributed by atoms with van der Waals surface area (Å²) in [5, 5.41) is 0. The first kappa shape index (κ1) is 2.13. The molecule has 0 aliphatic carbocycles. The lowest BCUT2D eigenvalue weighted by Crippen LogP contribution is -1.86.